The summed E-state index contributed by atoms with van der Waals surface area (Å²) in [7, 11) is -9.65. The Morgan fingerprint density at radius 3 is 1.96 bits per heavy atom. The summed E-state index contributed by atoms with van der Waals surface area (Å²) >= 11 is 0. The van der Waals surface area contributed by atoms with Gasteiger partial charge in [-0.25, -0.2) is 4.79 Å². The second kappa shape index (κ2) is 17.5. The van der Waals surface area contributed by atoms with Crippen LogP contribution in [0.15, 0.2) is 76.4 Å². The molecule has 1 saturated heterocycles. The molecule has 0 radical (unpaired) electrons. The van der Waals surface area contributed by atoms with Gasteiger partial charge in [-0.05, 0) is 53.3 Å². The predicted octanol–water partition coefficient (Wildman–Crippen LogP) is 5.40. The van der Waals surface area contributed by atoms with Crippen LogP contribution >= 0.6 is 0 Å². The number of hydrogen-bond donors (Lipinski definition) is 1. The molecular formula is C40H60N2O10SSi2. The lowest BCUT2D eigenvalue weighted by molar-refractivity contribution is -0.137. The van der Waals surface area contributed by atoms with E-state index < -0.39 is 74.4 Å². The van der Waals surface area contributed by atoms with Crippen molar-refractivity contribution in [2.75, 3.05) is 19.0 Å². The maximum atomic E-state index is 13.4. The number of carbonyl (C=O) groups is 1. The minimum Gasteiger partial charge on any atom is -0.408 e. The minimum absolute atomic E-state index is 0.0922. The molecule has 1 aliphatic heterocycles. The fraction of sp³-hybridized carbons (Fsp3) is 0.575. The van der Waals surface area contributed by atoms with Gasteiger partial charge in [-0.15, -0.1) is 0 Å². The van der Waals surface area contributed by atoms with E-state index in [0.717, 1.165) is 10.4 Å². The van der Waals surface area contributed by atoms with E-state index in [1.54, 1.807) is 20.8 Å². The third kappa shape index (κ3) is 10.4. The minimum atomic E-state index is -4.07. The maximum Gasteiger partial charge on any atom is 0.330 e. The van der Waals surface area contributed by atoms with Crippen molar-refractivity contribution in [1.82, 2.24) is 9.55 Å². The molecule has 3 aromatic rings. The lowest BCUT2D eigenvalue weighted by Crippen LogP contribution is -2.67. The number of rotatable bonds is 16. The summed E-state index contributed by atoms with van der Waals surface area (Å²) in [5, 5.41) is 1.67. The van der Waals surface area contributed by atoms with Crippen LogP contribution in [0.2, 0.25) is 23.2 Å². The van der Waals surface area contributed by atoms with E-state index >= 15 is 0 Å². The van der Waals surface area contributed by atoms with Crippen LogP contribution in [0.5, 0.6) is 0 Å². The van der Waals surface area contributed by atoms with Gasteiger partial charge in [0.05, 0.1) is 18.3 Å². The molecule has 12 nitrogen and oxygen atoms in total. The molecule has 304 valence electrons. The molecule has 0 bridgehead atoms. The van der Waals surface area contributed by atoms with Gasteiger partial charge < -0.3 is 22.5 Å². The van der Waals surface area contributed by atoms with Gasteiger partial charge >= 0.3 is 21.8 Å². The second-order valence-corrected chi connectivity index (χ2v) is 28.0. The molecule has 1 aliphatic rings. The van der Waals surface area contributed by atoms with Gasteiger partial charge in [-0.2, -0.15) is 8.42 Å². The summed E-state index contributed by atoms with van der Waals surface area (Å²) < 4.78 is 58.9. The Bertz CT molecular complexity index is 1930. The fourth-order valence-corrected chi connectivity index (χ4v) is 13.5. The molecule has 0 aliphatic carbocycles. The number of aromatic nitrogens is 2. The van der Waals surface area contributed by atoms with Gasteiger partial charge in [0.15, 0.2) is 14.5 Å². The third-order valence-electron chi connectivity index (χ3n) is 10.6. The van der Waals surface area contributed by atoms with E-state index in [2.05, 4.69) is 83.9 Å². The van der Waals surface area contributed by atoms with Crippen molar-refractivity contribution in [3.05, 3.63) is 93.3 Å². The molecule has 0 amide bonds. The maximum absolute atomic E-state index is 13.4. The highest BCUT2D eigenvalue weighted by molar-refractivity contribution is 7.87. The van der Waals surface area contributed by atoms with Crippen LogP contribution in [-0.4, -0.2) is 77.9 Å². The van der Waals surface area contributed by atoms with Gasteiger partial charge in [0.25, 0.3) is 13.9 Å². The Labute approximate surface area is 328 Å². The van der Waals surface area contributed by atoms with Crippen LogP contribution in [0.1, 0.15) is 80.0 Å². The molecule has 4 atom stereocenters. The number of ether oxygens (including phenoxy) is 2. The molecule has 15 heteroatoms. The van der Waals surface area contributed by atoms with Crippen LogP contribution < -0.4 is 21.6 Å². The Morgan fingerprint density at radius 2 is 1.45 bits per heavy atom. The first-order chi connectivity index (χ1) is 25.5. The largest absolute Gasteiger partial charge is 0.408 e. The Balaban J connectivity index is 1.76. The molecule has 0 saturated carbocycles. The summed E-state index contributed by atoms with van der Waals surface area (Å²) in [5.74, 6) is -1.75. The Kier molecular flexibility index (Phi) is 14.2. The van der Waals surface area contributed by atoms with Crippen LogP contribution in [0.25, 0.3) is 0 Å². The predicted molar refractivity (Wildman–Crippen MR) is 219 cm³/mol. The van der Waals surface area contributed by atoms with Crippen molar-refractivity contribution in [3.63, 3.8) is 0 Å². The Morgan fingerprint density at radius 1 is 0.891 bits per heavy atom. The van der Waals surface area contributed by atoms with Crippen molar-refractivity contribution in [2.45, 2.75) is 123 Å². The molecule has 2 heterocycles. The zero-order valence-electron chi connectivity index (χ0n) is 34.2. The van der Waals surface area contributed by atoms with Gasteiger partial charge in [-0.3, -0.25) is 19.1 Å². The summed E-state index contributed by atoms with van der Waals surface area (Å²) in [6, 6.07) is 20.5. The third-order valence-corrected chi connectivity index (χ3v) is 21.3. The van der Waals surface area contributed by atoms with Gasteiger partial charge in [0.2, 0.25) is 0 Å². The highest BCUT2D eigenvalue weighted by atomic mass is 32.2. The van der Waals surface area contributed by atoms with Crippen molar-refractivity contribution >= 4 is 43.1 Å². The molecule has 0 unspecified atom stereocenters. The van der Waals surface area contributed by atoms with E-state index in [1.807, 2.05) is 36.4 Å². The SMILES string of the molecule is Cc1cn([C@@H]2O[C@H](CO[Si](c3ccccc3)(c3ccccc3)C(C)(C)C)[C@@H](O[Si](C)(C)C(C)(C)C)[C@H]2OCCCCS(=O)(=O)OC(=O)C(C)C)c(=O)[nH]c1=O. The normalized spacial score (nSPS) is 19.9. The van der Waals surface area contributed by atoms with E-state index in [9.17, 15) is 22.8 Å². The molecule has 55 heavy (non-hydrogen) atoms. The highest BCUT2D eigenvalue weighted by Gasteiger charge is 2.55. The van der Waals surface area contributed by atoms with Crippen LogP contribution in [0.3, 0.4) is 0 Å². The smallest absolute Gasteiger partial charge is 0.330 e. The molecule has 1 aromatic heterocycles. The lowest BCUT2D eigenvalue weighted by atomic mass is 10.1. The number of H-pyrrole nitrogens is 1. The summed E-state index contributed by atoms with van der Waals surface area (Å²) in [4.78, 5) is 40.2. The standard InChI is InChI=1S/C40H60N2O10SSi2/c1-28(2)37(44)51-53(46,47)25-19-18-24-48-34-33(52-54(10,11)39(4,5)6)32(50-36(34)42-26-29(3)35(43)41-38(42)45)27-49-55(40(7,8)9,30-20-14-12-15-21-30)31-22-16-13-17-23-31/h12-17,20-23,26,28,32-34,36H,18-19,24-25,27H2,1-11H3,(H,41,43,45)/t32-,33-,34-,36-/m1/s1. The molecule has 0 spiro atoms. The number of hydrogen-bond acceptors (Lipinski definition) is 10. The molecule has 2 aromatic carbocycles. The van der Waals surface area contributed by atoms with E-state index in [1.165, 1.54) is 10.8 Å². The van der Waals surface area contributed by atoms with Crippen molar-refractivity contribution in [3.8, 4) is 0 Å². The average Bonchev–Trinajstić information content (AvgIpc) is 3.41. The number of nitrogens with zero attached hydrogens (tertiary/aromatic N) is 1. The van der Waals surface area contributed by atoms with Crippen LogP contribution in [0, 0.1) is 12.8 Å². The van der Waals surface area contributed by atoms with Gasteiger partial charge in [-0.1, -0.05) is 116 Å². The van der Waals surface area contributed by atoms with Crippen molar-refractivity contribution < 1.29 is 35.7 Å². The first-order valence-corrected chi connectivity index (χ1v) is 25.4. The first-order valence-electron chi connectivity index (χ1n) is 19.0. The highest BCUT2D eigenvalue weighted by Crippen LogP contribution is 2.43. The zero-order chi connectivity index (χ0) is 41.0. The van der Waals surface area contributed by atoms with Crippen LogP contribution in [-0.2, 0) is 37.4 Å². The summed E-state index contributed by atoms with van der Waals surface area (Å²) in [5.41, 5.74) is -0.847. The van der Waals surface area contributed by atoms with E-state index in [4.69, 9.17) is 22.5 Å². The monoisotopic (exact) mass is 816 g/mol. The second-order valence-electron chi connectivity index (χ2n) is 17.2. The molecular weight excluding hydrogens is 757 g/mol. The quantitative estimate of drug-likeness (QED) is 0.113. The molecule has 1 N–H and O–H groups in total. The number of carbonyl (C=O) groups excluding carboxylic acids is 1. The molecule has 1 fully saturated rings. The summed E-state index contributed by atoms with van der Waals surface area (Å²) in [6.07, 6.45) is -1.34. The Hall–Kier alpha value is -3.19. The molecule has 4 rings (SSSR count). The van der Waals surface area contributed by atoms with E-state index in [0.29, 0.717) is 12.0 Å². The van der Waals surface area contributed by atoms with Crippen LogP contribution in [0.4, 0.5) is 0 Å². The number of aryl methyl sites for hydroxylation is 1. The topological polar surface area (TPSA) is 152 Å². The number of aromatic amines is 1. The summed E-state index contributed by atoms with van der Waals surface area (Å²) in [6.45, 7) is 22.2. The first kappa shape index (κ1) is 44.5. The number of nitrogens with one attached hydrogen (secondary N) is 1. The zero-order valence-corrected chi connectivity index (χ0v) is 37.0. The average molecular weight is 817 g/mol. The van der Waals surface area contributed by atoms with E-state index in [-0.39, 0.29) is 35.5 Å². The van der Waals surface area contributed by atoms with Gasteiger partial charge in [0, 0.05) is 18.4 Å². The fourth-order valence-electron chi connectivity index (χ4n) is 6.51. The van der Waals surface area contributed by atoms with Gasteiger partial charge in [0.1, 0.15) is 18.3 Å². The number of unbranched alkanes of at least 4 members (excludes halogenated alkanes) is 1. The van der Waals surface area contributed by atoms with Crippen molar-refractivity contribution in [2.24, 2.45) is 5.92 Å². The number of benzene rings is 2. The lowest BCUT2D eigenvalue weighted by Gasteiger charge is -2.44. The van der Waals surface area contributed by atoms with Crippen molar-refractivity contribution in [1.29, 1.82) is 0 Å².